The number of para-hydroxylation sites is 1. The highest BCUT2D eigenvalue weighted by atomic mass is 14.9. The Labute approximate surface area is 84.1 Å². The maximum Gasteiger partial charge on any atom is 0.134 e. The molecule has 2 heteroatoms. The van der Waals surface area contributed by atoms with Crippen molar-refractivity contribution in [2.75, 3.05) is 0 Å². The molecule has 2 rings (SSSR count). The largest absolute Gasteiger partial charge is 0.394 e. The van der Waals surface area contributed by atoms with Gasteiger partial charge in [0, 0.05) is 6.42 Å². The lowest BCUT2D eigenvalue weighted by molar-refractivity contribution is -0.521. The van der Waals surface area contributed by atoms with Crippen molar-refractivity contribution >= 4 is 5.69 Å². The molecule has 0 unspecified atom stereocenters. The van der Waals surface area contributed by atoms with Crippen LogP contribution in [-0.4, -0.2) is 0 Å². The summed E-state index contributed by atoms with van der Waals surface area (Å²) in [6.45, 7) is 0. The smallest absolute Gasteiger partial charge is 0.134 e. The Morgan fingerprint density at radius 1 is 1.14 bits per heavy atom. The van der Waals surface area contributed by atoms with Gasteiger partial charge in [-0.3, -0.25) is 5.32 Å². The number of rotatable bonds is 2. The molecule has 0 fully saturated rings. The fourth-order valence-corrected chi connectivity index (χ4v) is 1.61. The van der Waals surface area contributed by atoms with Gasteiger partial charge in [0.15, 0.2) is 0 Å². The van der Waals surface area contributed by atoms with Crippen LogP contribution in [0.2, 0.25) is 0 Å². The first-order valence-corrected chi connectivity index (χ1v) is 4.91. The molecule has 2 nitrogen and oxygen atoms in total. The van der Waals surface area contributed by atoms with Crippen molar-refractivity contribution in [3.05, 3.63) is 53.9 Å². The molecule has 0 aliphatic heterocycles. The number of hydrogen-bond acceptors (Lipinski definition) is 1. The molecule has 1 aromatic rings. The highest BCUT2D eigenvalue weighted by Crippen LogP contribution is 2.10. The molecule has 0 spiro atoms. The van der Waals surface area contributed by atoms with E-state index in [9.17, 15) is 0 Å². The number of benzene rings is 1. The average molecular weight is 187 g/mol. The second-order valence-electron chi connectivity index (χ2n) is 3.48. The van der Waals surface area contributed by atoms with Crippen LogP contribution in [0.4, 0.5) is 5.69 Å². The topological polar surface area (TPSA) is 42.6 Å². The van der Waals surface area contributed by atoms with Gasteiger partial charge in [0.2, 0.25) is 0 Å². The predicted octanol–water partition coefficient (Wildman–Crippen LogP) is 1.40. The van der Waals surface area contributed by atoms with Crippen molar-refractivity contribution < 1.29 is 5.32 Å². The van der Waals surface area contributed by atoms with E-state index in [1.54, 1.807) is 0 Å². The number of nitrogens with two attached hydrogens (primary N) is 2. The summed E-state index contributed by atoms with van der Waals surface area (Å²) in [4.78, 5) is 0. The monoisotopic (exact) mass is 187 g/mol. The number of hydrogen-bond donors (Lipinski definition) is 2. The molecule has 0 aromatic heterocycles. The summed E-state index contributed by atoms with van der Waals surface area (Å²) >= 11 is 0. The molecule has 0 atom stereocenters. The molecule has 0 heterocycles. The summed E-state index contributed by atoms with van der Waals surface area (Å²) in [5.41, 5.74) is 9.26. The summed E-state index contributed by atoms with van der Waals surface area (Å²) in [5, 5.41) is 2.17. The van der Waals surface area contributed by atoms with Crippen LogP contribution in [0.15, 0.2) is 53.9 Å². The van der Waals surface area contributed by atoms with Gasteiger partial charge in [-0.15, -0.1) is 0 Å². The zero-order valence-electron chi connectivity index (χ0n) is 8.11. The van der Waals surface area contributed by atoms with Crippen LogP contribution < -0.4 is 11.1 Å². The van der Waals surface area contributed by atoms with Gasteiger partial charge in [-0.25, -0.2) is 0 Å². The molecule has 1 aromatic carbocycles. The lowest BCUT2D eigenvalue weighted by atomic mass is 10.1. The van der Waals surface area contributed by atoms with Crippen molar-refractivity contribution in [1.82, 2.24) is 0 Å². The maximum atomic E-state index is 5.89. The fourth-order valence-electron chi connectivity index (χ4n) is 1.61. The summed E-state index contributed by atoms with van der Waals surface area (Å²) in [6, 6.07) is 10.3. The van der Waals surface area contributed by atoms with Crippen molar-refractivity contribution in [3.63, 3.8) is 0 Å². The summed E-state index contributed by atoms with van der Waals surface area (Å²) < 4.78 is 0. The predicted molar refractivity (Wildman–Crippen MR) is 57.6 cm³/mol. The fraction of sp³-hybridized carbons (Fsp3) is 0.167. The standard InChI is InChI=1S/C12H14N2/c13-11-8-4-5-9-12(11)14-10-6-2-1-3-7-10/h1-4,6-8,14H,5,9,13H2/p+1. The zero-order valence-corrected chi connectivity index (χ0v) is 8.11. The number of quaternary nitrogens is 1. The van der Waals surface area contributed by atoms with E-state index in [0.29, 0.717) is 0 Å². The Kier molecular flexibility index (Phi) is 2.65. The molecule has 0 saturated heterocycles. The summed E-state index contributed by atoms with van der Waals surface area (Å²) in [5.74, 6) is 0. The van der Waals surface area contributed by atoms with Gasteiger partial charge in [-0.1, -0.05) is 24.3 Å². The van der Waals surface area contributed by atoms with Gasteiger partial charge in [0.25, 0.3) is 0 Å². The molecule has 4 N–H and O–H groups in total. The van der Waals surface area contributed by atoms with Gasteiger partial charge < -0.3 is 5.73 Å². The molecule has 0 radical (unpaired) electrons. The molecular weight excluding hydrogens is 172 g/mol. The first-order valence-electron chi connectivity index (χ1n) is 4.91. The number of allylic oxidation sites excluding steroid dienone is 3. The van der Waals surface area contributed by atoms with Gasteiger partial charge in [0.05, 0.1) is 5.70 Å². The highest BCUT2D eigenvalue weighted by molar-refractivity contribution is 5.30. The lowest BCUT2D eigenvalue weighted by Gasteiger charge is -2.09. The minimum atomic E-state index is 0.903. The average Bonchev–Trinajstić information content (AvgIpc) is 2.23. The van der Waals surface area contributed by atoms with Gasteiger partial charge in [-0.05, 0) is 24.6 Å². The van der Waals surface area contributed by atoms with Crippen LogP contribution >= 0.6 is 0 Å². The second-order valence-corrected chi connectivity index (χ2v) is 3.48. The van der Waals surface area contributed by atoms with Crippen LogP contribution in [0, 0.1) is 0 Å². The molecule has 14 heavy (non-hydrogen) atoms. The molecule has 0 bridgehead atoms. The first kappa shape index (κ1) is 9.03. The third kappa shape index (κ3) is 2.03. The first-order chi connectivity index (χ1) is 6.86. The van der Waals surface area contributed by atoms with Crippen LogP contribution in [0.1, 0.15) is 12.8 Å². The normalized spacial score (nSPS) is 16.0. The van der Waals surface area contributed by atoms with Gasteiger partial charge in [-0.2, -0.15) is 0 Å². The Balaban J connectivity index is 2.15. The van der Waals surface area contributed by atoms with E-state index in [-0.39, 0.29) is 0 Å². The second kappa shape index (κ2) is 4.11. The van der Waals surface area contributed by atoms with Crippen molar-refractivity contribution in [1.29, 1.82) is 0 Å². The summed E-state index contributed by atoms with van der Waals surface area (Å²) in [7, 11) is 0. The molecule has 0 amide bonds. The molecule has 1 aliphatic rings. The van der Waals surface area contributed by atoms with E-state index in [1.165, 1.54) is 11.4 Å². The SMILES string of the molecule is NC1=C([NH2+]c2ccccc2)CCC=C1. The Bertz CT molecular complexity index is 363. The Morgan fingerprint density at radius 3 is 2.64 bits per heavy atom. The third-order valence-corrected chi connectivity index (χ3v) is 2.39. The van der Waals surface area contributed by atoms with Crippen LogP contribution in [0.3, 0.4) is 0 Å². The lowest BCUT2D eigenvalue weighted by Crippen LogP contribution is -2.76. The highest BCUT2D eigenvalue weighted by Gasteiger charge is 2.09. The molecule has 0 saturated carbocycles. The van der Waals surface area contributed by atoms with Crippen molar-refractivity contribution in [2.45, 2.75) is 12.8 Å². The van der Waals surface area contributed by atoms with E-state index < -0.39 is 0 Å². The van der Waals surface area contributed by atoms with E-state index >= 15 is 0 Å². The Hall–Kier alpha value is -1.54. The minimum absolute atomic E-state index is 0.903. The van der Waals surface area contributed by atoms with E-state index in [2.05, 4.69) is 23.5 Å². The van der Waals surface area contributed by atoms with Gasteiger partial charge in [0.1, 0.15) is 11.4 Å². The van der Waals surface area contributed by atoms with E-state index in [4.69, 9.17) is 5.73 Å². The van der Waals surface area contributed by atoms with Crippen LogP contribution in [0.25, 0.3) is 0 Å². The molecular formula is C12H15N2+. The summed E-state index contributed by atoms with van der Waals surface area (Å²) in [6.07, 6.45) is 6.27. The van der Waals surface area contributed by atoms with Crippen molar-refractivity contribution in [2.24, 2.45) is 5.73 Å². The maximum absolute atomic E-state index is 5.89. The van der Waals surface area contributed by atoms with Crippen LogP contribution in [-0.2, 0) is 0 Å². The molecule has 72 valence electrons. The van der Waals surface area contributed by atoms with Crippen molar-refractivity contribution in [3.8, 4) is 0 Å². The van der Waals surface area contributed by atoms with E-state index in [1.807, 2.05) is 24.3 Å². The van der Waals surface area contributed by atoms with E-state index in [0.717, 1.165) is 18.5 Å². The van der Waals surface area contributed by atoms with Crippen LogP contribution in [0.5, 0.6) is 0 Å². The zero-order chi connectivity index (χ0) is 9.80. The minimum Gasteiger partial charge on any atom is -0.394 e. The quantitative estimate of drug-likeness (QED) is 0.675. The Morgan fingerprint density at radius 2 is 1.93 bits per heavy atom. The van der Waals surface area contributed by atoms with Gasteiger partial charge >= 0.3 is 0 Å². The third-order valence-electron chi connectivity index (χ3n) is 2.39. The molecule has 1 aliphatic carbocycles.